The molecule has 1 aliphatic heterocycles. The quantitative estimate of drug-likeness (QED) is 0.847. The summed E-state index contributed by atoms with van der Waals surface area (Å²) in [6.07, 6.45) is 2.34. The molecule has 2 rings (SSSR count). The summed E-state index contributed by atoms with van der Waals surface area (Å²) < 4.78 is 0. The number of benzene rings is 1. The van der Waals surface area contributed by atoms with Crippen molar-refractivity contribution in [1.82, 2.24) is 10.2 Å². The third kappa shape index (κ3) is 6.71. The van der Waals surface area contributed by atoms with Crippen LogP contribution in [-0.2, 0) is 11.3 Å². The van der Waals surface area contributed by atoms with Crippen LogP contribution in [0.2, 0.25) is 0 Å². The highest BCUT2D eigenvalue weighted by Crippen LogP contribution is 2.30. The number of piperidine rings is 1. The average molecular weight is 317 g/mol. The largest absolute Gasteiger partial charge is 0.369 e. The van der Waals surface area contributed by atoms with E-state index in [0.717, 1.165) is 19.6 Å². The number of carbonyl (C=O) groups excluding carboxylic acids is 1. The maximum atomic E-state index is 11.3. The van der Waals surface area contributed by atoms with Gasteiger partial charge in [-0.1, -0.05) is 51.1 Å². The smallest absolute Gasteiger partial charge is 0.231 e. The Balaban J connectivity index is 1.94. The number of primary amides is 1. The zero-order valence-electron chi connectivity index (χ0n) is 14.7. The van der Waals surface area contributed by atoms with Crippen LogP contribution >= 0.6 is 0 Å². The Bertz CT molecular complexity index is 495. The normalized spacial score (nSPS) is 22.9. The van der Waals surface area contributed by atoms with Gasteiger partial charge in [0, 0.05) is 25.7 Å². The van der Waals surface area contributed by atoms with Gasteiger partial charge in [0.15, 0.2) is 0 Å². The summed E-state index contributed by atoms with van der Waals surface area (Å²) >= 11 is 0. The lowest BCUT2D eigenvalue weighted by molar-refractivity contribution is -0.119. The average Bonchev–Trinajstić information content (AvgIpc) is 2.43. The molecule has 23 heavy (non-hydrogen) atoms. The monoisotopic (exact) mass is 317 g/mol. The molecule has 0 saturated carbocycles. The zero-order chi connectivity index (χ0) is 16.9. The van der Waals surface area contributed by atoms with Gasteiger partial charge < -0.3 is 11.1 Å². The molecule has 128 valence electrons. The maximum Gasteiger partial charge on any atom is 0.231 e. The summed E-state index contributed by atoms with van der Waals surface area (Å²) in [6.45, 7) is 9.97. The predicted molar refractivity (Wildman–Crippen MR) is 94.9 cm³/mol. The first-order valence-electron chi connectivity index (χ1n) is 8.60. The van der Waals surface area contributed by atoms with E-state index in [1.807, 2.05) is 6.07 Å². The van der Waals surface area contributed by atoms with Crippen LogP contribution in [0.3, 0.4) is 0 Å². The lowest BCUT2D eigenvalue weighted by Crippen LogP contribution is -2.51. The SMILES string of the molecule is CC(C)(C)CC1CC(NCc2ccccc2)CN(CC(N)=O)C1. The Morgan fingerprint density at radius 3 is 2.57 bits per heavy atom. The molecular weight excluding hydrogens is 286 g/mol. The van der Waals surface area contributed by atoms with Gasteiger partial charge in [0.1, 0.15) is 0 Å². The van der Waals surface area contributed by atoms with Crippen molar-refractivity contribution in [1.29, 1.82) is 0 Å². The van der Waals surface area contributed by atoms with E-state index < -0.39 is 0 Å². The van der Waals surface area contributed by atoms with Gasteiger partial charge in [-0.05, 0) is 29.7 Å². The molecule has 1 saturated heterocycles. The van der Waals surface area contributed by atoms with Gasteiger partial charge in [-0.2, -0.15) is 0 Å². The number of hydrogen-bond acceptors (Lipinski definition) is 3. The van der Waals surface area contributed by atoms with E-state index in [2.05, 4.69) is 55.3 Å². The number of nitrogens with zero attached hydrogens (tertiary/aromatic N) is 1. The second-order valence-electron chi connectivity index (χ2n) is 8.09. The topological polar surface area (TPSA) is 58.4 Å². The minimum absolute atomic E-state index is 0.233. The Morgan fingerprint density at radius 2 is 1.96 bits per heavy atom. The van der Waals surface area contributed by atoms with E-state index in [4.69, 9.17) is 5.73 Å². The van der Waals surface area contributed by atoms with Crippen LogP contribution in [0.5, 0.6) is 0 Å². The van der Waals surface area contributed by atoms with Crippen molar-refractivity contribution in [3.8, 4) is 0 Å². The van der Waals surface area contributed by atoms with Crippen LogP contribution in [-0.4, -0.2) is 36.5 Å². The van der Waals surface area contributed by atoms with Crippen LogP contribution in [0.25, 0.3) is 0 Å². The van der Waals surface area contributed by atoms with E-state index >= 15 is 0 Å². The Labute approximate surface area is 140 Å². The van der Waals surface area contributed by atoms with Crippen molar-refractivity contribution in [3.63, 3.8) is 0 Å². The maximum absolute atomic E-state index is 11.3. The Hall–Kier alpha value is -1.39. The molecule has 2 atom stereocenters. The molecule has 4 nitrogen and oxygen atoms in total. The van der Waals surface area contributed by atoms with Crippen molar-refractivity contribution >= 4 is 5.91 Å². The van der Waals surface area contributed by atoms with Gasteiger partial charge in [-0.3, -0.25) is 9.69 Å². The first-order chi connectivity index (χ1) is 10.8. The molecule has 1 aliphatic rings. The fraction of sp³-hybridized carbons (Fsp3) is 0.632. The molecule has 1 amide bonds. The molecule has 4 heteroatoms. The summed E-state index contributed by atoms with van der Waals surface area (Å²) in [5, 5.41) is 3.66. The first kappa shape index (κ1) is 18.0. The van der Waals surface area contributed by atoms with Gasteiger partial charge in [0.2, 0.25) is 5.91 Å². The molecule has 1 heterocycles. The van der Waals surface area contributed by atoms with E-state index in [9.17, 15) is 4.79 Å². The summed E-state index contributed by atoms with van der Waals surface area (Å²) in [7, 11) is 0. The van der Waals surface area contributed by atoms with E-state index in [-0.39, 0.29) is 5.91 Å². The Kier molecular flexibility index (Phi) is 6.19. The molecular formula is C19H31N3O. The molecule has 0 aliphatic carbocycles. The van der Waals surface area contributed by atoms with E-state index in [1.165, 1.54) is 18.4 Å². The van der Waals surface area contributed by atoms with Gasteiger partial charge in [-0.15, -0.1) is 0 Å². The second kappa shape index (κ2) is 7.93. The second-order valence-corrected chi connectivity index (χ2v) is 8.09. The van der Waals surface area contributed by atoms with Crippen LogP contribution < -0.4 is 11.1 Å². The lowest BCUT2D eigenvalue weighted by atomic mass is 9.80. The number of likely N-dealkylation sites (tertiary alicyclic amines) is 1. The van der Waals surface area contributed by atoms with Crippen molar-refractivity contribution < 1.29 is 4.79 Å². The third-order valence-electron chi connectivity index (χ3n) is 4.33. The fourth-order valence-corrected chi connectivity index (χ4v) is 3.67. The summed E-state index contributed by atoms with van der Waals surface area (Å²) in [5.74, 6) is 0.375. The minimum atomic E-state index is -0.233. The molecule has 2 unspecified atom stereocenters. The lowest BCUT2D eigenvalue weighted by Gasteiger charge is -2.40. The van der Waals surface area contributed by atoms with Crippen LogP contribution in [0, 0.1) is 11.3 Å². The first-order valence-corrected chi connectivity index (χ1v) is 8.60. The molecule has 0 bridgehead atoms. The summed E-state index contributed by atoms with van der Waals surface area (Å²) in [5.41, 5.74) is 7.01. The predicted octanol–water partition coefficient (Wildman–Crippen LogP) is 2.39. The molecule has 0 spiro atoms. The number of carbonyl (C=O) groups is 1. The molecule has 0 aromatic heterocycles. The highest BCUT2D eigenvalue weighted by Gasteiger charge is 2.30. The molecule has 3 N–H and O–H groups in total. The summed E-state index contributed by atoms with van der Waals surface area (Å²) in [4.78, 5) is 13.5. The van der Waals surface area contributed by atoms with Gasteiger partial charge >= 0.3 is 0 Å². The van der Waals surface area contributed by atoms with Crippen molar-refractivity contribution in [2.45, 2.75) is 46.2 Å². The van der Waals surface area contributed by atoms with Crippen molar-refractivity contribution in [3.05, 3.63) is 35.9 Å². The minimum Gasteiger partial charge on any atom is -0.369 e. The highest BCUT2D eigenvalue weighted by molar-refractivity contribution is 5.75. The van der Waals surface area contributed by atoms with Gasteiger partial charge in [-0.25, -0.2) is 0 Å². The Morgan fingerprint density at radius 1 is 1.26 bits per heavy atom. The molecule has 1 aromatic carbocycles. The molecule has 1 aromatic rings. The highest BCUT2D eigenvalue weighted by atomic mass is 16.1. The van der Waals surface area contributed by atoms with Crippen molar-refractivity contribution in [2.75, 3.05) is 19.6 Å². The standard InChI is InChI=1S/C19H31N3O/c1-19(2,3)10-16-9-17(13-22(12-16)14-18(20)23)21-11-15-7-5-4-6-8-15/h4-8,16-17,21H,9-14H2,1-3H3,(H2,20,23). The molecule has 1 fully saturated rings. The number of nitrogens with one attached hydrogen (secondary N) is 1. The van der Waals surface area contributed by atoms with E-state index in [1.54, 1.807) is 0 Å². The van der Waals surface area contributed by atoms with Gasteiger partial charge in [0.25, 0.3) is 0 Å². The van der Waals surface area contributed by atoms with Crippen LogP contribution in [0.15, 0.2) is 30.3 Å². The van der Waals surface area contributed by atoms with Crippen LogP contribution in [0.1, 0.15) is 39.2 Å². The summed E-state index contributed by atoms with van der Waals surface area (Å²) in [6, 6.07) is 10.9. The van der Waals surface area contributed by atoms with Gasteiger partial charge in [0.05, 0.1) is 6.54 Å². The number of hydrogen-bond donors (Lipinski definition) is 2. The fourth-order valence-electron chi connectivity index (χ4n) is 3.67. The number of nitrogens with two attached hydrogens (primary N) is 1. The number of amides is 1. The zero-order valence-corrected chi connectivity index (χ0v) is 14.7. The number of rotatable bonds is 6. The van der Waals surface area contributed by atoms with Crippen LogP contribution in [0.4, 0.5) is 0 Å². The third-order valence-corrected chi connectivity index (χ3v) is 4.33. The molecule has 0 radical (unpaired) electrons. The van der Waals surface area contributed by atoms with Crippen molar-refractivity contribution in [2.24, 2.45) is 17.1 Å². The van der Waals surface area contributed by atoms with E-state index in [0.29, 0.717) is 23.9 Å².